The van der Waals surface area contributed by atoms with E-state index in [1.54, 1.807) is 32.4 Å². The number of hydrogen-bond acceptors (Lipinski definition) is 7. The minimum Gasteiger partial charge on any atom is -0.497 e. The van der Waals surface area contributed by atoms with E-state index in [0.717, 1.165) is 47.5 Å². The Morgan fingerprint density at radius 1 is 0.837 bits per heavy atom. The smallest absolute Gasteiger partial charge is 0.182 e. The molecule has 2 N–H and O–H groups in total. The molecule has 1 saturated heterocycles. The fourth-order valence-electron chi connectivity index (χ4n) is 5.57. The van der Waals surface area contributed by atoms with Crippen molar-refractivity contribution in [3.8, 4) is 45.6 Å². The number of benzene rings is 3. The van der Waals surface area contributed by atoms with Crippen molar-refractivity contribution in [3.63, 3.8) is 0 Å². The summed E-state index contributed by atoms with van der Waals surface area (Å²) in [6.45, 7) is 3.44. The Balaban J connectivity index is 1.38. The van der Waals surface area contributed by atoms with Crippen LogP contribution in [0.3, 0.4) is 0 Å². The van der Waals surface area contributed by atoms with Crippen LogP contribution in [0.25, 0.3) is 28.2 Å². The molecule has 43 heavy (non-hydrogen) atoms. The molecule has 0 aliphatic carbocycles. The maximum atomic E-state index is 6.58. The molecule has 5 aromatic rings. The van der Waals surface area contributed by atoms with Gasteiger partial charge in [0, 0.05) is 17.2 Å². The monoisotopic (exact) mass is 617 g/mol. The van der Waals surface area contributed by atoms with Crippen LogP contribution in [0.4, 0.5) is 5.82 Å². The number of aromatic nitrogens is 3. The van der Waals surface area contributed by atoms with Crippen LogP contribution in [0.2, 0.25) is 10.0 Å². The van der Waals surface area contributed by atoms with Gasteiger partial charge >= 0.3 is 0 Å². The van der Waals surface area contributed by atoms with Crippen molar-refractivity contribution in [3.05, 3.63) is 82.3 Å². The summed E-state index contributed by atoms with van der Waals surface area (Å²) in [7, 11) is 3.26. The number of aryl methyl sites for hydroxylation is 1. The normalized spacial score (nSPS) is 13.5. The highest BCUT2D eigenvalue weighted by Crippen LogP contribution is 2.38. The molecule has 0 unspecified atom stereocenters. The average molecular weight is 619 g/mol. The van der Waals surface area contributed by atoms with E-state index in [4.69, 9.17) is 53.2 Å². The zero-order chi connectivity index (χ0) is 29.9. The highest BCUT2D eigenvalue weighted by Gasteiger charge is 2.20. The summed E-state index contributed by atoms with van der Waals surface area (Å²) in [6, 6.07) is 20.8. The van der Waals surface area contributed by atoms with E-state index in [1.165, 1.54) is 31.5 Å². The van der Waals surface area contributed by atoms with Gasteiger partial charge in [-0.25, -0.2) is 9.50 Å². The van der Waals surface area contributed by atoms with Crippen LogP contribution in [0.1, 0.15) is 24.8 Å². The van der Waals surface area contributed by atoms with Crippen molar-refractivity contribution < 1.29 is 14.2 Å². The predicted octanol–water partition coefficient (Wildman–Crippen LogP) is 7.79. The summed E-state index contributed by atoms with van der Waals surface area (Å²) in [4.78, 5) is 7.23. The van der Waals surface area contributed by atoms with Gasteiger partial charge in [0.05, 0.1) is 30.0 Å². The standard InChI is InChI=1S/C33H33Cl2N5O3/c1-41-24-9-5-7-21(17-24)31-22(8-6-16-39-14-3-4-15-39)18-28-32(36)37-33(38-40(28)31)23-10-13-29(30(19-23)42-2)43-25-11-12-26(34)27(35)20-25/h5,7,9-13,17-20H,3-4,6,8,14-16H2,1-2H3,(H2,36,37,38). The lowest BCUT2D eigenvalue weighted by Crippen LogP contribution is -2.20. The lowest BCUT2D eigenvalue weighted by atomic mass is 10.0. The highest BCUT2D eigenvalue weighted by atomic mass is 35.5. The Labute approximate surface area is 260 Å². The number of ether oxygens (including phenoxy) is 3. The first-order valence-electron chi connectivity index (χ1n) is 14.3. The van der Waals surface area contributed by atoms with E-state index in [2.05, 4.69) is 17.0 Å². The van der Waals surface area contributed by atoms with Gasteiger partial charge in [-0.1, -0.05) is 35.3 Å². The Hall–Kier alpha value is -3.98. The SMILES string of the molecule is COc1cccc(-c2c(CCCN3CCCC3)cc3c(N)nc(-c4ccc(Oc5ccc(Cl)c(Cl)c5)c(OC)c4)nn23)c1. The summed E-state index contributed by atoms with van der Waals surface area (Å²) in [5.74, 6) is 3.20. The van der Waals surface area contributed by atoms with E-state index >= 15 is 0 Å². The van der Waals surface area contributed by atoms with Crippen LogP contribution in [0, 0.1) is 0 Å². The van der Waals surface area contributed by atoms with E-state index in [-0.39, 0.29) is 0 Å². The van der Waals surface area contributed by atoms with E-state index < -0.39 is 0 Å². The van der Waals surface area contributed by atoms with Gasteiger partial charge in [0.15, 0.2) is 23.1 Å². The van der Waals surface area contributed by atoms with Gasteiger partial charge in [-0.2, -0.15) is 0 Å². The highest BCUT2D eigenvalue weighted by molar-refractivity contribution is 6.42. The molecule has 222 valence electrons. The third-order valence-corrected chi connectivity index (χ3v) is 8.48. The van der Waals surface area contributed by atoms with Crippen molar-refractivity contribution in [2.75, 3.05) is 39.6 Å². The molecule has 0 bridgehead atoms. The predicted molar refractivity (Wildman–Crippen MR) is 172 cm³/mol. The summed E-state index contributed by atoms with van der Waals surface area (Å²) in [5, 5.41) is 5.86. The van der Waals surface area contributed by atoms with Gasteiger partial charge in [-0.15, -0.1) is 5.10 Å². The van der Waals surface area contributed by atoms with Crippen molar-refractivity contribution in [1.82, 2.24) is 19.5 Å². The molecule has 8 nitrogen and oxygen atoms in total. The zero-order valence-corrected chi connectivity index (χ0v) is 25.7. The van der Waals surface area contributed by atoms with Gasteiger partial charge in [0.1, 0.15) is 17.0 Å². The van der Waals surface area contributed by atoms with Crippen molar-refractivity contribution >= 4 is 34.5 Å². The second-order valence-corrected chi connectivity index (χ2v) is 11.4. The van der Waals surface area contributed by atoms with Crippen LogP contribution in [0.15, 0.2) is 66.7 Å². The third kappa shape index (κ3) is 6.22. The number of nitrogens with zero attached hydrogens (tertiary/aromatic N) is 4. The summed E-state index contributed by atoms with van der Waals surface area (Å²) in [6.07, 6.45) is 4.52. The molecule has 1 fully saturated rings. The van der Waals surface area contributed by atoms with E-state index in [1.807, 2.05) is 40.9 Å². The van der Waals surface area contributed by atoms with Crippen LogP contribution in [-0.4, -0.2) is 53.4 Å². The Morgan fingerprint density at radius 2 is 1.67 bits per heavy atom. The number of methoxy groups -OCH3 is 2. The molecular weight excluding hydrogens is 585 g/mol. The number of hydrogen-bond donors (Lipinski definition) is 1. The topological polar surface area (TPSA) is 87.1 Å². The van der Waals surface area contributed by atoms with Gasteiger partial charge in [-0.3, -0.25) is 0 Å². The van der Waals surface area contributed by atoms with Crippen LogP contribution in [-0.2, 0) is 6.42 Å². The first kappa shape index (κ1) is 29.1. The van der Waals surface area contributed by atoms with Gasteiger partial charge in [0.2, 0.25) is 0 Å². The van der Waals surface area contributed by atoms with Crippen LogP contribution < -0.4 is 19.9 Å². The van der Waals surface area contributed by atoms with E-state index in [9.17, 15) is 0 Å². The average Bonchev–Trinajstić information content (AvgIpc) is 3.67. The molecule has 0 saturated carbocycles. The van der Waals surface area contributed by atoms with Crippen molar-refractivity contribution in [2.45, 2.75) is 25.7 Å². The fourth-order valence-corrected chi connectivity index (χ4v) is 5.86. The summed E-state index contributed by atoms with van der Waals surface area (Å²) >= 11 is 12.2. The Morgan fingerprint density at radius 3 is 2.44 bits per heavy atom. The molecule has 0 amide bonds. The lowest BCUT2D eigenvalue weighted by Gasteiger charge is -2.14. The molecule has 2 aromatic heterocycles. The van der Waals surface area contributed by atoms with Crippen molar-refractivity contribution in [1.29, 1.82) is 0 Å². The van der Waals surface area contributed by atoms with Crippen LogP contribution in [0.5, 0.6) is 23.0 Å². The van der Waals surface area contributed by atoms with Gasteiger partial charge in [0.25, 0.3) is 0 Å². The van der Waals surface area contributed by atoms with Crippen molar-refractivity contribution in [2.24, 2.45) is 0 Å². The quantitative estimate of drug-likeness (QED) is 0.171. The maximum absolute atomic E-state index is 6.58. The second kappa shape index (κ2) is 12.7. The number of nitrogens with two attached hydrogens (primary N) is 1. The molecular formula is C33H33Cl2N5O3. The zero-order valence-electron chi connectivity index (χ0n) is 24.1. The summed E-state index contributed by atoms with van der Waals surface area (Å²) in [5.41, 5.74) is 11.2. The van der Waals surface area contributed by atoms with E-state index in [0.29, 0.717) is 38.9 Å². The Kier molecular flexibility index (Phi) is 8.61. The molecule has 0 radical (unpaired) electrons. The molecule has 3 aromatic carbocycles. The third-order valence-electron chi connectivity index (χ3n) is 7.74. The molecule has 0 spiro atoms. The lowest BCUT2D eigenvalue weighted by molar-refractivity contribution is 0.334. The number of fused-ring (bicyclic) bond motifs is 1. The molecule has 6 rings (SSSR count). The second-order valence-electron chi connectivity index (χ2n) is 10.6. The maximum Gasteiger partial charge on any atom is 0.182 e. The number of rotatable bonds is 10. The number of halogens is 2. The minimum atomic E-state index is 0.398. The number of anilines is 1. The Bertz CT molecular complexity index is 1770. The van der Waals surface area contributed by atoms with Gasteiger partial charge in [-0.05, 0) is 99.4 Å². The largest absolute Gasteiger partial charge is 0.497 e. The summed E-state index contributed by atoms with van der Waals surface area (Å²) < 4.78 is 19.2. The molecule has 1 aliphatic heterocycles. The molecule has 0 atom stereocenters. The first-order valence-corrected chi connectivity index (χ1v) is 15.1. The van der Waals surface area contributed by atoms with Crippen LogP contribution >= 0.6 is 23.2 Å². The molecule has 3 heterocycles. The molecule has 1 aliphatic rings. The first-order chi connectivity index (χ1) is 20.9. The number of nitrogen functional groups attached to an aromatic ring is 1. The fraction of sp³-hybridized carbons (Fsp3) is 0.273. The number of likely N-dealkylation sites (tertiary alicyclic amines) is 1. The molecule has 10 heteroatoms. The minimum absolute atomic E-state index is 0.398. The van der Waals surface area contributed by atoms with Gasteiger partial charge < -0.3 is 24.8 Å².